The Kier molecular flexibility index (Phi) is 3.58. The predicted octanol–water partition coefficient (Wildman–Crippen LogP) is 3.41. The molecule has 0 bridgehead atoms. The van der Waals surface area contributed by atoms with Crippen LogP contribution < -0.4 is 5.76 Å². The number of thiazole rings is 1. The average Bonchev–Trinajstić information content (AvgIpc) is 3.30. The molecule has 8 heteroatoms. The van der Waals surface area contributed by atoms with Crippen molar-refractivity contribution in [2.75, 3.05) is 0 Å². The van der Waals surface area contributed by atoms with Crippen LogP contribution in [0, 0.1) is 5.82 Å². The summed E-state index contributed by atoms with van der Waals surface area (Å²) in [7, 11) is 0. The maximum Gasteiger partial charge on any atom is 0.437 e. The second-order valence-electron chi connectivity index (χ2n) is 4.96. The summed E-state index contributed by atoms with van der Waals surface area (Å²) in [5.74, 6) is -0.150. The quantitative estimate of drug-likeness (QED) is 0.568. The van der Waals surface area contributed by atoms with E-state index in [2.05, 4.69) is 10.1 Å². The highest BCUT2D eigenvalue weighted by Gasteiger charge is 2.13. The van der Waals surface area contributed by atoms with Gasteiger partial charge in [0.1, 0.15) is 5.82 Å². The average molecular weight is 343 g/mol. The fourth-order valence-corrected chi connectivity index (χ4v) is 2.94. The Morgan fingerprint density at radius 1 is 1.21 bits per heavy atom. The smallest absolute Gasteiger partial charge is 0.437 e. The summed E-state index contributed by atoms with van der Waals surface area (Å²) in [5, 5.41) is 6.69. The number of nitrogens with zero attached hydrogens (tertiary/aromatic N) is 3. The van der Waals surface area contributed by atoms with Gasteiger partial charge in [-0.25, -0.2) is 14.2 Å². The molecule has 6 nitrogen and oxygen atoms in total. The zero-order chi connectivity index (χ0) is 16.5. The van der Waals surface area contributed by atoms with Crippen LogP contribution in [0.3, 0.4) is 0 Å². The maximum absolute atomic E-state index is 13.0. The summed E-state index contributed by atoms with van der Waals surface area (Å²) in [6.07, 6.45) is 1.58. The van der Waals surface area contributed by atoms with Gasteiger partial charge in [0.05, 0.1) is 18.5 Å². The Bertz CT molecular complexity index is 1020. The van der Waals surface area contributed by atoms with E-state index >= 15 is 0 Å². The van der Waals surface area contributed by atoms with Crippen molar-refractivity contribution >= 4 is 11.3 Å². The van der Waals surface area contributed by atoms with Crippen molar-refractivity contribution < 1.29 is 13.2 Å². The lowest BCUT2D eigenvalue weighted by Crippen LogP contribution is -2.16. The van der Waals surface area contributed by atoms with Crippen LogP contribution in [0.1, 0.15) is 5.69 Å². The number of furan rings is 1. The van der Waals surface area contributed by atoms with E-state index in [1.165, 1.54) is 40.3 Å². The van der Waals surface area contributed by atoms with E-state index in [9.17, 15) is 9.18 Å². The first-order valence-corrected chi connectivity index (χ1v) is 7.89. The molecular weight excluding hydrogens is 333 g/mol. The number of hydrogen-bond donors (Lipinski definition) is 0. The first kappa shape index (κ1) is 14.6. The number of rotatable bonds is 4. The van der Waals surface area contributed by atoms with Gasteiger partial charge in [-0.15, -0.1) is 16.4 Å². The van der Waals surface area contributed by atoms with Gasteiger partial charge in [-0.2, -0.15) is 4.68 Å². The van der Waals surface area contributed by atoms with Gasteiger partial charge >= 0.3 is 5.76 Å². The third-order valence-electron chi connectivity index (χ3n) is 3.29. The van der Waals surface area contributed by atoms with Crippen LogP contribution in [0.4, 0.5) is 4.39 Å². The molecule has 4 aromatic rings. The molecule has 0 amide bonds. The predicted molar refractivity (Wildman–Crippen MR) is 85.1 cm³/mol. The second-order valence-corrected chi connectivity index (χ2v) is 5.82. The standard InChI is InChI=1S/C16H10FN3O3S/c17-11-5-3-10(4-6-11)14-19-20(16(21)23-14)8-12-9-24-15(18-12)13-2-1-7-22-13/h1-7,9H,8H2. The first-order chi connectivity index (χ1) is 11.7. The summed E-state index contributed by atoms with van der Waals surface area (Å²) < 4.78 is 24.6. The van der Waals surface area contributed by atoms with Crippen molar-refractivity contribution in [2.45, 2.75) is 6.54 Å². The highest BCUT2D eigenvalue weighted by molar-refractivity contribution is 7.13. The van der Waals surface area contributed by atoms with Crippen molar-refractivity contribution in [3.05, 3.63) is 70.1 Å². The van der Waals surface area contributed by atoms with Crippen LogP contribution >= 0.6 is 11.3 Å². The van der Waals surface area contributed by atoms with Crippen LogP contribution in [-0.4, -0.2) is 14.8 Å². The van der Waals surface area contributed by atoms with Gasteiger partial charge in [0.2, 0.25) is 5.89 Å². The van der Waals surface area contributed by atoms with Gasteiger partial charge in [0.15, 0.2) is 10.8 Å². The molecule has 3 aromatic heterocycles. The molecule has 0 atom stereocenters. The van der Waals surface area contributed by atoms with Crippen LogP contribution in [0.25, 0.3) is 22.2 Å². The summed E-state index contributed by atoms with van der Waals surface area (Å²) in [4.78, 5) is 16.4. The minimum Gasteiger partial charge on any atom is -0.462 e. The molecular formula is C16H10FN3O3S. The minimum absolute atomic E-state index is 0.140. The molecule has 0 spiro atoms. The highest BCUT2D eigenvalue weighted by Crippen LogP contribution is 2.24. The molecule has 0 radical (unpaired) electrons. The van der Waals surface area contributed by atoms with E-state index in [-0.39, 0.29) is 18.3 Å². The fourth-order valence-electron chi connectivity index (χ4n) is 2.16. The monoisotopic (exact) mass is 343 g/mol. The van der Waals surface area contributed by atoms with Gasteiger partial charge < -0.3 is 8.83 Å². The molecule has 24 heavy (non-hydrogen) atoms. The Morgan fingerprint density at radius 3 is 2.79 bits per heavy atom. The summed E-state index contributed by atoms with van der Waals surface area (Å²) in [5.41, 5.74) is 1.20. The zero-order valence-corrected chi connectivity index (χ0v) is 13.0. The Hall–Kier alpha value is -3.00. The largest absolute Gasteiger partial charge is 0.462 e. The van der Waals surface area contributed by atoms with E-state index < -0.39 is 5.76 Å². The molecule has 0 aliphatic rings. The molecule has 3 heterocycles. The van der Waals surface area contributed by atoms with Gasteiger partial charge in [0, 0.05) is 10.9 Å². The van der Waals surface area contributed by atoms with E-state index in [1.54, 1.807) is 12.3 Å². The lowest BCUT2D eigenvalue weighted by Gasteiger charge is -1.95. The topological polar surface area (TPSA) is 74.1 Å². The van der Waals surface area contributed by atoms with Gasteiger partial charge in [-0.05, 0) is 36.4 Å². The molecule has 0 saturated heterocycles. The van der Waals surface area contributed by atoms with E-state index in [0.717, 1.165) is 5.01 Å². The van der Waals surface area contributed by atoms with E-state index in [4.69, 9.17) is 8.83 Å². The van der Waals surface area contributed by atoms with Crippen molar-refractivity contribution in [1.29, 1.82) is 0 Å². The first-order valence-electron chi connectivity index (χ1n) is 7.01. The highest BCUT2D eigenvalue weighted by atomic mass is 32.1. The molecule has 0 N–H and O–H groups in total. The van der Waals surface area contributed by atoms with Crippen molar-refractivity contribution in [1.82, 2.24) is 14.8 Å². The molecule has 0 fully saturated rings. The van der Waals surface area contributed by atoms with Gasteiger partial charge in [-0.1, -0.05) is 0 Å². The Balaban J connectivity index is 1.59. The van der Waals surface area contributed by atoms with Crippen molar-refractivity contribution in [3.63, 3.8) is 0 Å². The summed E-state index contributed by atoms with van der Waals surface area (Å²) in [6.45, 7) is 0.181. The molecule has 1 aromatic carbocycles. The lowest BCUT2D eigenvalue weighted by atomic mass is 10.2. The van der Waals surface area contributed by atoms with Gasteiger partial charge in [0.25, 0.3) is 0 Å². The number of halogens is 1. The summed E-state index contributed by atoms with van der Waals surface area (Å²) in [6, 6.07) is 9.17. The van der Waals surface area contributed by atoms with Gasteiger partial charge in [-0.3, -0.25) is 0 Å². The van der Waals surface area contributed by atoms with Crippen LogP contribution in [0.5, 0.6) is 0 Å². The number of hydrogen-bond acceptors (Lipinski definition) is 6. The third kappa shape index (κ3) is 2.79. The van der Waals surface area contributed by atoms with Crippen LogP contribution in [0.2, 0.25) is 0 Å². The maximum atomic E-state index is 13.0. The Morgan fingerprint density at radius 2 is 2.04 bits per heavy atom. The zero-order valence-electron chi connectivity index (χ0n) is 12.2. The number of aromatic nitrogens is 3. The second kappa shape index (κ2) is 5.89. The normalized spacial score (nSPS) is 11.0. The molecule has 0 aliphatic heterocycles. The fraction of sp³-hybridized carbons (Fsp3) is 0.0625. The molecule has 4 rings (SSSR count). The summed E-state index contributed by atoms with van der Waals surface area (Å²) >= 11 is 1.42. The van der Waals surface area contributed by atoms with E-state index in [1.807, 2.05) is 11.4 Å². The van der Waals surface area contributed by atoms with Crippen molar-refractivity contribution in [2.24, 2.45) is 0 Å². The SMILES string of the molecule is O=c1oc(-c2ccc(F)cc2)nn1Cc1csc(-c2ccco2)n1. The van der Waals surface area contributed by atoms with Crippen molar-refractivity contribution in [3.8, 4) is 22.2 Å². The number of benzene rings is 1. The van der Waals surface area contributed by atoms with E-state index in [0.29, 0.717) is 17.0 Å². The van der Waals surface area contributed by atoms with Crippen LogP contribution in [0.15, 0.2) is 61.7 Å². The molecule has 0 aliphatic carbocycles. The molecule has 0 saturated carbocycles. The Labute approximate surface area is 138 Å². The molecule has 0 unspecified atom stereocenters. The minimum atomic E-state index is -0.595. The lowest BCUT2D eigenvalue weighted by molar-refractivity contribution is 0.493. The third-order valence-corrected chi connectivity index (χ3v) is 4.20. The van der Waals surface area contributed by atoms with Crippen LogP contribution in [-0.2, 0) is 6.54 Å². The molecule has 120 valence electrons.